The van der Waals surface area contributed by atoms with Crippen LogP contribution in [0.4, 0.5) is 5.69 Å². The average Bonchev–Trinajstić information content (AvgIpc) is 2.41. The lowest BCUT2D eigenvalue weighted by Gasteiger charge is -2.35. The first kappa shape index (κ1) is 16.0. The normalized spacial score (nSPS) is 19.1. The molecule has 0 saturated carbocycles. The molecule has 19 heavy (non-hydrogen) atoms. The molecule has 1 saturated heterocycles. The third-order valence-corrected chi connectivity index (χ3v) is 3.11. The van der Waals surface area contributed by atoms with E-state index in [1.54, 1.807) is 0 Å². The van der Waals surface area contributed by atoms with Crippen LogP contribution in [0.1, 0.15) is 19.4 Å². The molecule has 3 nitrogen and oxygen atoms in total. The van der Waals surface area contributed by atoms with Crippen molar-refractivity contribution in [3.05, 3.63) is 29.8 Å². The number of rotatable bonds is 3. The zero-order chi connectivity index (χ0) is 14.3. The molecule has 0 bridgehead atoms. The maximum Gasteiger partial charge on any atom is 0.0877 e. The lowest BCUT2D eigenvalue weighted by Crippen LogP contribution is -2.46. The summed E-state index contributed by atoms with van der Waals surface area (Å²) in [4.78, 5) is 4.60. The predicted octanol–water partition coefficient (Wildman–Crippen LogP) is 2.79. The Morgan fingerprint density at radius 1 is 1.21 bits per heavy atom. The second-order valence-electron chi connectivity index (χ2n) is 5.04. The largest absolute Gasteiger partial charge is 0.373 e. The van der Waals surface area contributed by atoms with Gasteiger partial charge in [0.15, 0.2) is 0 Å². The van der Waals surface area contributed by atoms with Crippen LogP contribution in [0.5, 0.6) is 0 Å². The second-order valence-corrected chi connectivity index (χ2v) is 5.04. The van der Waals surface area contributed by atoms with Crippen LogP contribution < -0.4 is 4.90 Å². The van der Waals surface area contributed by atoms with Gasteiger partial charge in [0.05, 0.1) is 12.7 Å². The first-order valence-electron chi connectivity index (χ1n) is 7.23. The Balaban J connectivity index is 0.000000861. The van der Waals surface area contributed by atoms with Crippen molar-refractivity contribution in [3.8, 4) is 0 Å². The highest BCUT2D eigenvalue weighted by atomic mass is 16.5. The van der Waals surface area contributed by atoms with E-state index >= 15 is 0 Å². The monoisotopic (exact) mass is 264 g/mol. The lowest BCUT2D eigenvalue weighted by atomic mass is 10.2. The zero-order valence-corrected chi connectivity index (χ0v) is 13.0. The molecule has 0 aromatic heterocycles. The quantitative estimate of drug-likeness (QED) is 0.835. The van der Waals surface area contributed by atoms with E-state index in [4.69, 9.17) is 4.74 Å². The fraction of sp³-hybridized carbons (Fsp3) is 0.625. The molecule has 0 amide bonds. The van der Waals surface area contributed by atoms with Crippen LogP contribution in [0, 0.1) is 6.92 Å². The van der Waals surface area contributed by atoms with E-state index < -0.39 is 0 Å². The maximum atomic E-state index is 5.78. The fourth-order valence-electron chi connectivity index (χ4n) is 2.23. The van der Waals surface area contributed by atoms with Crippen LogP contribution in [0.3, 0.4) is 0 Å². The van der Waals surface area contributed by atoms with Gasteiger partial charge in [0.1, 0.15) is 0 Å². The van der Waals surface area contributed by atoms with Crippen LogP contribution in [0.25, 0.3) is 0 Å². The molecular formula is C16H28N2O. The van der Waals surface area contributed by atoms with Gasteiger partial charge in [-0.3, -0.25) is 0 Å². The summed E-state index contributed by atoms with van der Waals surface area (Å²) in [5.74, 6) is 0. The molecule has 0 aliphatic carbocycles. The SMILES string of the molecule is CC.Cc1ccc(N2CCOC(CN(C)C)C2)cc1. The molecule has 0 N–H and O–H groups in total. The standard InChI is InChI=1S/C14H22N2O.C2H6/c1-12-4-6-13(7-5-12)16-8-9-17-14(11-16)10-15(2)3;1-2/h4-7,14H,8-11H2,1-3H3;1-2H3. The third-order valence-electron chi connectivity index (χ3n) is 3.11. The molecule has 1 unspecified atom stereocenters. The minimum absolute atomic E-state index is 0.319. The van der Waals surface area contributed by atoms with E-state index in [1.165, 1.54) is 11.3 Å². The smallest absolute Gasteiger partial charge is 0.0877 e. The van der Waals surface area contributed by atoms with Crippen molar-refractivity contribution < 1.29 is 4.74 Å². The van der Waals surface area contributed by atoms with Crippen molar-refractivity contribution in [1.82, 2.24) is 4.90 Å². The molecule has 3 heteroatoms. The highest BCUT2D eigenvalue weighted by molar-refractivity contribution is 5.47. The van der Waals surface area contributed by atoms with Crippen LogP contribution >= 0.6 is 0 Å². The number of benzene rings is 1. The lowest BCUT2D eigenvalue weighted by molar-refractivity contribution is 0.0248. The number of aryl methyl sites for hydroxylation is 1. The first-order valence-corrected chi connectivity index (χ1v) is 7.23. The molecule has 1 aliphatic rings. The van der Waals surface area contributed by atoms with Gasteiger partial charge in [-0.1, -0.05) is 31.5 Å². The minimum Gasteiger partial charge on any atom is -0.373 e. The van der Waals surface area contributed by atoms with Gasteiger partial charge in [-0.25, -0.2) is 0 Å². The number of nitrogens with zero attached hydrogens (tertiary/aromatic N) is 2. The van der Waals surface area contributed by atoms with Crippen molar-refractivity contribution in [2.45, 2.75) is 26.9 Å². The Bertz CT molecular complexity index is 348. The molecule has 0 spiro atoms. The van der Waals surface area contributed by atoms with Crippen molar-refractivity contribution in [2.24, 2.45) is 0 Å². The van der Waals surface area contributed by atoms with Gasteiger partial charge >= 0.3 is 0 Å². The highest BCUT2D eigenvalue weighted by Gasteiger charge is 2.20. The van der Waals surface area contributed by atoms with Crippen molar-refractivity contribution in [1.29, 1.82) is 0 Å². The van der Waals surface area contributed by atoms with Gasteiger partial charge in [0.25, 0.3) is 0 Å². The summed E-state index contributed by atoms with van der Waals surface area (Å²) in [6, 6.07) is 8.75. The van der Waals surface area contributed by atoms with E-state index in [0.717, 1.165) is 26.2 Å². The summed E-state index contributed by atoms with van der Waals surface area (Å²) in [5, 5.41) is 0. The van der Waals surface area contributed by atoms with Crippen molar-refractivity contribution >= 4 is 5.69 Å². The molecule has 1 aromatic rings. The first-order chi connectivity index (χ1) is 9.15. The van der Waals surface area contributed by atoms with Crippen LogP contribution in [-0.2, 0) is 4.74 Å². The van der Waals surface area contributed by atoms with Gasteiger partial charge < -0.3 is 14.5 Å². The number of likely N-dealkylation sites (N-methyl/N-ethyl adjacent to an activating group) is 1. The highest BCUT2D eigenvalue weighted by Crippen LogP contribution is 2.18. The average molecular weight is 264 g/mol. The Morgan fingerprint density at radius 3 is 2.42 bits per heavy atom. The molecule has 1 aromatic carbocycles. The Kier molecular flexibility index (Phi) is 6.89. The van der Waals surface area contributed by atoms with E-state index in [9.17, 15) is 0 Å². The van der Waals surface area contributed by atoms with E-state index in [-0.39, 0.29) is 0 Å². The molecule has 1 aliphatic heterocycles. The summed E-state index contributed by atoms with van der Waals surface area (Å²) < 4.78 is 5.78. The predicted molar refractivity (Wildman–Crippen MR) is 83.0 cm³/mol. The van der Waals surface area contributed by atoms with Crippen LogP contribution in [0.2, 0.25) is 0 Å². The van der Waals surface area contributed by atoms with Gasteiger partial charge in [0.2, 0.25) is 0 Å². The number of morpholine rings is 1. The van der Waals surface area contributed by atoms with Gasteiger partial charge in [-0.2, -0.15) is 0 Å². The number of anilines is 1. The maximum absolute atomic E-state index is 5.78. The Labute approximate surface area is 118 Å². The van der Waals surface area contributed by atoms with Gasteiger partial charge in [-0.15, -0.1) is 0 Å². The van der Waals surface area contributed by atoms with Crippen LogP contribution in [-0.4, -0.2) is 51.3 Å². The summed E-state index contributed by atoms with van der Waals surface area (Å²) >= 11 is 0. The molecule has 2 rings (SSSR count). The van der Waals surface area contributed by atoms with E-state index in [1.807, 2.05) is 13.8 Å². The Hall–Kier alpha value is -1.06. The van der Waals surface area contributed by atoms with Crippen molar-refractivity contribution in [3.63, 3.8) is 0 Å². The third kappa shape index (κ3) is 5.21. The summed E-state index contributed by atoms with van der Waals surface area (Å²) in [7, 11) is 4.18. The molecule has 0 radical (unpaired) electrons. The zero-order valence-electron chi connectivity index (χ0n) is 13.0. The molecule has 108 valence electrons. The summed E-state index contributed by atoms with van der Waals surface area (Å²) in [6.45, 7) is 9.92. The van der Waals surface area contributed by atoms with Crippen LogP contribution in [0.15, 0.2) is 24.3 Å². The van der Waals surface area contributed by atoms with E-state index in [2.05, 4.69) is 55.1 Å². The number of hydrogen-bond donors (Lipinski definition) is 0. The Morgan fingerprint density at radius 2 is 1.84 bits per heavy atom. The topological polar surface area (TPSA) is 15.7 Å². The summed E-state index contributed by atoms with van der Waals surface area (Å²) in [6.07, 6.45) is 0.319. The number of ether oxygens (including phenoxy) is 1. The minimum atomic E-state index is 0.319. The molecular weight excluding hydrogens is 236 g/mol. The summed E-state index contributed by atoms with van der Waals surface area (Å²) in [5.41, 5.74) is 2.62. The number of hydrogen-bond acceptors (Lipinski definition) is 3. The fourth-order valence-corrected chi connectivity index (χ4v) is 2.23. The van der Waals surface area contributed by atoms with E-state index in [0.29, 0.717) is 6.10 Å². The molecule has 1 fully saturated rings. The van der Waals surface area contributed by atoms with Gasteiger partial charge in [-0.05, 0) is 33.2 Å². The van der Waals surface area contributed by atoms with Gasteiger partial charge in [0, 0.05) is 25.3 Å². The van der Waals surface area contributed by atoms with Crippen molar-refractivity contribution in [2.75, 3.05) is 45.2 Å². The molecule has 1 heterocycles. The molecule has 1 atom stereocenters. The second kappa shape index (κ2) is 8.18.